The van der Waals surface area contributed by atoms with Gasteiger partial charge in [-0.15, -0.1) is 0 Å². The SMILES string of the molecule is COCOc1cc(OC)cc2c1C(=O)O[C@@H](C)[C@H](C)/C=C\C(=O)C1OC(C)(C)OC1CC=C2. The number of hydrogen-bond acceptors (Lipinski definition) is 8. The molecule has 2 heterocycles. The van der Waals surface area contributed by atoms with Gasteiger partial charge in [-0.3, -0.25) is 4.79 Å². The van der Waals surface area contributed by atoms with Crippen LogP contribution in [0.5, 0.6) is 11.5 Å². The summed E-state index contributed by atoms with van der Waals surface area (Å²) in [4.78, 5) is 26.0. The Labute approximate surface area is 194 Å². The van der Waals surface area contributed by atoms with E-state index in [9.17, 15) is 9.59 Å². The lowest BCUT2D eigenvalue weighted by molar-refractivity contribution is -0.152. The Balaban J connectivity index is 2.07. The molecule has 8 heteroatoms. The van der Waals surface area contributed by atoms with Crippen molar-refractivity contribution in [2.45, 2.75) is 58.2 Å². The molecule has 1 saturated heterocycles. The first-order chi connectivity index (χ1) is 15.6. The highest BCUT2D eigenvalue weighted by Crippen LogP contribution is 2.34. The van der Waals surface area contributed by atoms with E-state index in [-0.39, 0.29) is 29.8 Å². The first-order valence-corrected chi connectivity index (χ1v) is 10.9. The first kappa shape index (κ1) is 25.0. The maximum Gasteiger partial charge on any atom is 0.342 e. The largest absolute Gasteiger partial charge is 0.497 e. The van der Waals surface area contributed by atoms with E-state index in [4.69, 9.17) is 28.4 Å². The minimum atomic E-state index is -0.874. The quantitative estimate of drug-likeness (QED) is 0.493. The number of carbonyl (C=O) groups is 2. The van der Waals surface area contributed by atoms with Crippen LogP contribution in [-0.2, 0) is 23.7 Å². The minimum Gasteiger partial charge on any atom is -0.497 e. The van der Waals surface area contributed by atoms with Crippen LogP contribution in [-0.4, -0.2) is 56.9 Å². The molecular formula is C25H32O8. The normalized spacial score (nSPS) is 28.3. The van der Waals surface area contributed by atoms with Crippen LogP contribution in [0.1, 0.15) is 50.0 Å². The molecule has 2 aliphatic heterocycles. The van der Waals surface area contributed by atoms with Crippen molar-refractivity contribution in [3.8, 4) is 11.5 Å². The summed E-state index contributed by atoms with van der Waals surface area (Å²) in [5.74, 6) is -1.01. The fourth-order valence-electron chi connectivity index (χ4n) is 3.73. The molecule has 1 aromatic rings. The number of cyclic esters (lactones) is 1. The molecule has 0 aromatic heterocycles. The summed E-state index contributed by atoms with van der Waals surface area (Å²) in [5.41, 5.74) is 0.819. The number of benzene rings is 1. The van der Waals surface area contributed by atoms with Gasteiger partial charge in [0, 0.05) is 19.1 Å². The minimum absolute atomic E-state index is 0.0442. The Kier molecular flexibility index (Phi) is 7.94. The summed E-state index contributed by atoms with van der Waals surface area (Å²) in [7, 11) is 3.03. The van der Waals surface area contributed by atoms with E-state index in [1.54, 1.807) is 45.1 Å². The first-order valence-electron chi connectivity index (χ1n) is 10.9. The number of hydrogen-bond donors (Lipinski definition) is 0. The molecule has 0 saturated carbocycles. The highest BCUT2D eigenvalue weighted by atomic mass is 16.8. The predicted molar refractivity (Wildman–Crippen MR) is 121 cm³/mol. The van der Waals surface area contributed by atoms with E-state index < -0.39 is 30.1 Å². The molecule has 180 valence electrons. The van der Waals surface area contributed by atoms with Crippen molar-refractivity contribution >= 4 is 17.8 Å². The van der Waals surface area contributed by atoms with Gasteiger partial charge in [-0.05, 0) is 44.9 Å². The molecule has 0 N–H and O–H groups in total. The summed E-state index contributed by atoms with van der Waals surface area (Å²) in [6, 6.07) is 3.35. The molecular weight excluding hydrogens is 428 g/mol. The predicted octanol–water partition coefficient (Wildman–Crippen LogP) is 3.92. The third-order valence-corrected chi connectivity index (χ3v) is 5.61. The molecule has 0 amide bonds. The second-order valence-electron chi connectivity index (χ2n) is 8.60. The van der Waals surface area contributed by atoms with Crippen molar-refractivity contribution in [1.82, 2.24) is 0 Å². The summed E-state index contributed by atoms with van der Waals surface area (Å²) in [6.07, 6.45) is 5.54. The third kappa shape index (κ3) is 6.01. The fraction of sp³-hybridized carbons (Fsp3) is 0.520. The van der Waals surface area contributed by atoms with Crippen LogP contribution in [0.3, 0.4) is 0 Å². The fourth-order valence-corrected chi connectivity index (χ4v) is 3.73. The van der Waals surface area contributed by atoms with Crippen molar-refractivity contribution in [3.05, 3.63) is 41.5 Å². The topological polar surface area (TPSA) is 89.5 Å². The smallest absolute Gasteiger partial charge is 0.342 e. The molecule has 0 radical (unpaired) electrons. The molecule has 0 aliphatic carbocycles. The standard InChI is InChI=1S/C25H32O8/c1-15-10-11-19(26)23-20(32-25(3,4)33-23)9-7-8-17-12-18(29-6)13-21(30-14-28-5)22(17)24(27)31-16(15)2/h7-8,10-13,15-16,20,23H,9,14H2,1-6H3/b8-7?,11-10-/t15-,16+,20?,23?/m1/s1. The van der Waals surface area contributed by atoms with Gasteiger partial charge in [0.05, 0.1) is 13.2 Å². The molecule has 0 bridgehead atoms. The Hall–Kier alpha value is -2.68. The van der Waals surface area contributed by atoms with Crippen LogP contribution in [0.25, 0.3) is 6.08 Å². The van der Waals surface area contributed by atoms with Crippen LogP contribution < -0.4 is 9.47 Å². The zero-order valence-corrected chi connectivity index (χ0v) is 20.0. The number of ether oxygens (including phenoxy) is 6. The van der Waals surface area contributed by atoms with E-state index in [0.29, 0.717) is 17.7 Å². The average molecular weight is 461 g/mol. The van der Waals surface area contributed by atoms with Crippen LogP contribution >= 0.6 is 0 Å². The number of esters is 1. The molecule has 2 unspecified atom stereocenters. The molecule has 1 aromatic carbocycles. The lowest BCUT2D eigenvalue weighted by Gasteiger charge is -2.21. The summed E-state index contributed by atoms with van der Waals surface area (Å²) in [6.45, 7) is 7.17. The van der Waals surface area contributed by atoms with E-state index in [1.165, 1.54) is 20.3 Å². The highest BCUT2D eigenvalue weighted by Gasteiger charge is 2.43. The molecule has 3 rings (SSSR count). The Morgan fingerprint density at radius 2 is 1.85 bits per heavy atom. The van der Waals surface area contributed by atoms with Gasteiger partial charge in [-0.25, -0.2) is 4.79 Å². The van der Waals surface area contributed by atoms with Gasteiger partial charge >= 0.3 is 5.97 Å². The second-order valence-corrected chi connectivity index (χ2v) is 8.60. The van der Waals surface area contributed by atoms with Crippen molar-refractivity contribution in [1.29, 1.82) is 0 Å². The number of ketones is 1. The Morgan fingerprint density at radius 3 is 2.55 bits per heavy atom. The Bertz CT molecular complexity index is 933. The highest BCUT2D eigenvalue weighted by molar-refractivity contribution is 5.97. The van der Waals surface area contributed by atoms with Crippen molar-refractivity contribution < 1.29 is 38.0 Å². The van der Waals surface area contributed by atoms with Gasteiger partial charge in [-0.2, -0.15) is 0 Å². The van der Waals surface area contributed by atoms with E-state index in [2.05, 4.69) is 0 Å². The molecule has 2 aliphatic rings. The summed E-state index contributed by atoms with van der Waals surface area (Å²) in [5, 5.41) is 0. The van der Waals surface area contributed by atoms with Gasteiger partial charge in [0.25, 0.3) is 0 Å². The maximum atomic E-state index is 13.2. The van der Waals surface area contributed by atoms with Gasteiger partial charge in [0.1, 0.15) is 29.3 Å². The zero-order chi connectivity index (χ0) is 24.2. The number of methoxy groups -OCH3 is 2. The average Bonchev–Trinajstić information content (AvgIpc) is 3.08. The van der Waals surface area contributed by atoms with Crippen LogP contribution in [0.2, 0.25) is 0 Å². The van der Waals surface area contributed by atoms with Crippen LogP contribution in [0, 0.1) is 5.92 Å². The third-order valence-electron chi connectivity index (χ3n) is 5.61. The number of rotatable bonds is 4. The van der Waals surface area contributed by atoms with Crippen molar-refractivity contribution in [2.75, 3.05) is 21.0 Å². The summed E-state index contributed by atoms with van der Waals surface area (Å²) >= 11 is 0. The lowest BCUT2D eigenvalue weighted by Crippen LogP contribution is -2.30. The molecule has 0 spiro atoms. The molecule has 1 fully saturated rings. The second kappa shape index (κ2) is 10.5. The van der Waals surface area contributed by atoms with Crippen molar-refractivity contribution in [2.24, 2.45) is 5.92 Å². The molecule has 4 atom stereocenters. The number of carbonyl (C=O) groups excluding carboxylic acids is 2. The van der Waals surface area contributed by atoms with Gasteiger partial charge < -0.3 is 28.4 Å². The van der Waals surface area contributed by atoms with E-state index >= 15 is 0 Å². The van der Waals surface area contributed by atoms with Gasteiger partial charge in [0.15, 0.2) is 18.4 Å². The number of fused-ring (bicyclic) bond motifs is 2. The van der Waals surface area contributed by atoms with Crippen molar-refractivity contribution in [3.63, 3.8) is 0 Å². The zero-order valence-electron chi connectivity index (χ0n) is 20.0. The van der Waals surface area contributed by atoms with Crippen LogP contribution in [0.4, 0.5) is 0 Å². The van der Waals surface area contributed by atoms with E-state index in [1.807, 2.05) is 13.0 Å². The molecule has 33 heavy (non-hydrogen) atoms. The lowest BCUT2D eigenvalue weighted by atomic mass is 9.99. The van der Waals surface area contributed by atoms with E-state index in [0.717, 1.165) is 0 Å². The molecule has 8 nitrogen and oxygen atoms in total. The summed E-state index contributed by atoms with van der Waals surface area (Å²) < 4.78 is 33.7. The van der Waals surface area contributed by atoms with Gasteiger partial charge in [-0.1, -0.05) is 25.2 Å². The van der Waals surface area contributed by atoms with Gasteiger partial charge in [0.2, 0.25) is 0 Å². The maximum absolute atomic E-state index is 13.2. The Morgan fingerprint density at radius 1 is 1.09 bits per heavy atom. The van der Waals surface area contributed by atoms with Crippen LogP contribution in [0.15, 0.2) is 30.4 Å². The monoisotopic (exact) mass is 460 g/mol.